The van der Waals surface area contributed by atoms with Gasteiger partial charge in [-0.15, -0.1) is 11.3 Å². The first-order valence-corrected chi connectivity index (χ1v) is 9.53. The highest BCUT2D eigenvalue weighted by Gasteiger charge is 2.29. The van der Waals surface area contributed by atoms with E-state index < -0.39 is 0 Å². The fraction of sp³-hybridized carbons (Fsp3) is 0.688. The number of carbonyl (C=O) groups excluding carboxylic acids is 1. The number of hydrogen-bond acceptors (Lipinski definition) is 2. The molecule has 2 aliphatic carbocycles. The average Bonchev–Trinajstić information content (AvgIpc) is 2.94. The van der Waals surface area contributed by atoms with Crippen LogP contribution in [-0.4, -0.2) is 17.3 Å². The Bertz CT molecular complexity index is 473. The van der Waals surface area contributed by atoms with Gasteiger partial charge in [-0.05, 0) is 55.0 Å². The molecule has 1 aromatic heterocycles. The molecule has 0 spiro atoms. The zero-order chi connectivity index (χ0) is 13.9. The second-order valence-corrected chi connectivity index (χ2v) is 8.23. The maximum absolute atomic E-state index is 12.5. The van der Waals surface area contributed by atoms with Gasteiger partial charge in [-0.3, -0.25) is 4.79 Å². The van der Waals surface area contributed by atoms with Gasteiger partial charge in [-0.2, -0.15) is 0 Å². The fourth-order valence-electron chi connectivity index (χ4n) is 3.51. The lowest BCUT2D eigenvalue weighted by Crippen LogP contribution is -2.37. The summed E-state index contributed by atoms with van der Waals surface area (Å²) < 4.78 is 0. The van der Waals surface area contributed by atoms with E-state index in [1.54, 1.807) is 11.3 Å². The number of alkyl halides is 1. The molecule has 4 heteroatoms. The Morgan fingerprint density at radius 1 is 1.30 bits per heavy atom. The molecule has 1 amide bonds. The normalized spacial score (nSPS) is 29.8. The summed E-state index contributed by atoms with van der Waals surface area (Å²) in [6, 6.07) is 2.15. The summed E-state index contributed by atoms with van der Waals surface area (Å²) in [7, 11) is 0. The van der Waals surface area contributed by atoms with E-state index in [1.165, 1.54) is 36.1 Å². The van der Waals surface area contributed by atoms with Crippen LogP contribution in [0.15, 0.2) is 11.4 Å². The lowest BCUT2D eigenvalue weighted by molar-refractivity contribution is -0.123. The molecule has 3 rings (SSSR count). The van der Waals surface area contributed by atoms with Gasteiger partial charge in [-0.25, -0.2) is 0 Å². The van der Waals surface area contributed by atoms with Crippen LogP contribution in [0.2, 0.25) is 0 Å². The highest BCUT2D eigenvalue weighted by molar-refractivity contribution is 9.09. The molecule has 20 heavy (non-hydrogen) atoms. The average molecular weight is 356 g/mol. The molecule has 1 saturated carbocycles. The van der Waals surface area contributed by atoms with Crippen molar-refractivity contribution < 1.29 is 4.79 Å². The van der Waals surface area contributed by atoms with E-state index in [-0.39, 0.29) is 11.8 Å². The van der Waals surface area contributed by atoms with Gasteiger partial charge < -0.3 is 5.32 Å². The van der Waals surface area contributed by atoms with E-state index in [9.17, 15) is 4.79 Å². The second-order valence-electron chi connectivity index (χ2n) is 6.05. The first-order valence-electron chi connectivity index (χ1n) is 7.73. The molecule has 2 aliphatic rings. The number of thiophene rings is 1. The first-order chi connectivity index (χ1) is 9.75. The van der Waals surface area contributed by atoms with Crippen molar-refractivity contribution in [3.8, 4) is 0 Å². The molecular formula is C16H22BrNOS. The molecule has 1 fully saturated rings. The molecule has 0 saturated heterocycles. The van der Waals surface area contributed by atoms with E-state index in [0.717, 1.165) is 25.8 Å². The molecular weight excluding hydrogens is 334 g/mol. The van der Waals surface area contributed by atoms with Crippen molar-refractivity contribution in [1.29, 1.82) is 0 Å². The van der Waals surface area contributed by atoms with Gasteiger partial charge in [0.25, 0.3) is 0 Å². The smallest absolute Gasteiger partial charge is 0.227 e. The number of aryl methyl sites for hydroxylation is 1. The van der Waals surface area contributed by atoms with Gasteiger partial charge in [0, 0.05) is 16.2 Å². The number of hydrogen-bond donors (Lipinski definition) is 1. The second kappa shape index (κ2) is 6.61. The molecule has 0 aromatic carbocycles. The third-order valence-corrected chi connectivity index (χ3v) is 6.93. The third kappa shape index (κ3) is 3.11. The quantitative estimate of drug-likeness (QED) is 0.807. The predicted molar refractivity (Wildman–Crippen MR) is 87.7 cm³/mol. The molecule has 0 bridgehead atoms. The van der Waals surface area contributed by atoms with E-state index in [0.29, 0.717) is 10.7 Å². The van der Waals surface area contributed by atoms with Crippen LogP contribution in [0.5, 0.6) is 0 Å². The van der Waals surface area contributed by atoms with Crippen molar-refractivity contribution in [3.05, 3.63) is 21.9 Å². The number of fused-ring (bicyclic) bond motifs is 1. The van der Waals surface area contributed by atoms with Crippen molar-refractivity contribution in [2.75, 3.05) is 6.54 Å². The van der Waals surface area contributed by atoms with Gasteiger partial charge in [0.2, 0.25) is 5.91 Å². The highest BCUT2D eigenvalue weighted by atomic mass is 79.9. The number of rotatable bonds is 3. The minimum Gasteiger partial charge on any atom is -0.355 e. The Labute approximate surface area is 133 Å². The molecule has 1 heterocycles. The van der Waals surface area contributed by atoms with Crippen LogP contribution in [0.25, 0.3) is 0 Å². The number of halogens is 1. The van der Waals surface area contributed by atoms with Crippen LogP contribution in [0.3, 0.4) is 0 Å². The molecule has 3 unspecified atom stereocenters. The molecule has 3 atom stereocenters. The third-order valence-electron chi connectivity index (χ3n) is 4.72. The van der Waals surface area contributed by atoms with E-state index in [1.807, 2.05) is 0 Å². The summed E-state index contributed by atoms with van der Waals surface area (Å²) >= 11 is 5.58. The molecule has 1 aromatic rings. The Morgan fingerprint density at radius 3 is 3.00 bits per heavy atom. The molecule has 110 valence electrons. The summed E-state index contributed by atoms with van der Waals surface area (Å²) in [5.41, 5.74) is 1.29. The zero-order valence-corrected chi connectivity index (χ0v) is 14.1. The van der Waals surface area contributed by atoms with Crippen molar-refractivity contribution in [3.63, 3.8) is 0 Å². The highest BCUT2D eigenvalue weighted by Crippen LogP contribution is 2.35. The summed E-state index contributed by atoms with van der Waals surface area (Å²) in [5.74, 6) is 0.954. The summed E-state index contributed by atoms with van der Waals surface area (Å²) in [6.45, 7) is 0.838. The summed E-state index contributed by atoms with van der Waals surface area (Å²) in [5, 5.41) is 5.35. The Balaban J connectivity index is 1.58. The zero-order valence-electron chi connectivity index (χ0n) is 11.7. The first kappa shape index (κ1) is 14.6. The Kier molecular flexibility index (Phi) is 4.82. The van der Waals surface area contributed by atoms with Crippen LogP contribution in [-0.2, 0) is 11.2 Å². The van der Waals surface area contributed by atoms with Gasteiger partial charge in [-0.1, -0.05) is 28.8 Å². The Hall–Kier alpha value is -0.350. The number of carbonyl (C=O) groups is 1. The van der Waals surface area contributed by atoms with Crippen LogP contribution in [0.4, 0.5) is 0 Å². The molecule has 2 nitrogen and oxygen atoms in total. The monoisotopic (exact) mass is 355 g/mol. The predicted octanol–water partition coefficient (Wildman–Crippen LogP) is 4.24. The molecule has 0 radical (unpaired) electrons. The number of amides is 1. The van der Waals surface area contributed by atoms with Crippen LogP contribution in [0.1, 0.15) is 54.9 Å². The van der Waals surface area contributed by atoms with Crippen molar-refractivity contribution in [2.45, 2.75) is 55.7 Å². The summed E-state index contributed by atoms with van der Waals surface area (Å²) in [6.07, 6.45) is 8.43. The SMILES string of the molecule is O=C(NCC1CCCCC1Br)C1CCCc2sccc21. The lowest BCUT2D eigenvalue weighted by Gasteiger charge is -2.29. The van der Waals surface area contributed by atoms with E-state index in [4.69, 9.17) is 0 Å². The van der Waals surface area contributed by atoms with Crippen molar-refractivity contribution in [2.24, 2.45) is 5.92 Å². The largest absolute Gasteiger partial charge is 0.355 e. The lowest BCUT2D eigenvalue weighted by atomic mass is 9.86. The van der Waals surface area contributed by atoms with Crippen LogP contribution in [0, 0.1) is 5.92 Å². The Morgan fingerprint density at radius 2 is 2.15 bits per heavy atom. The van der Waals surface area contributed by atoms with Gasteiger partial charge in [0.15, 0.2) is 0 Å². The van der Waals surface area contributed by atoms with Crippen molar-refractivity contribution >= 4 is 33.2 Å². The molecule has 0 aliphatic heterocycles. The van der Waals surface area contributed by atoms with Crippen LogP contribution >= 0.6 is 27.3 Å². The maximum Gasteiger partial charge on any atom is 0.227 e. The topological polar surface area (TPSA) is 29.1 Å². The summed E-state index contributed by atoms with van der Waals surface area (Å²) in [4.78, 5) is 14.5. The van der Waals surface area contributed by atoms with Gasteiger partial charge >= 0.3 is 0 Å². The van der Waals surface area contributed by atoms with Gasteiger partial charge in [0.1, 0.15) is 0 Å². The molecule has 1 N–H and O–H groups in total. The minimum atomic E-state index is 0.0994. The fourth-order valence-corrected chi connectivity index (χ4v) is 5.27. The minimum absolute atomic E-state index is 0.0994. The van der Waals surface area contributed by atoms with Gasteiger partial charge in [0.05, 0.1) is 5.92 Å². The standard InChI is InChI=1S/C16H22BrNOS/c17-14-6-2-1-4-11(14)10-18-16(19)13-5-3-7-15-12(13)8-9-20-15/h8-9,11,13-14H,1-7,10H2,(H,18,19). The van der Waals surface area contributed by atoms with E-state index in [2.05, 4.69) is 32.7 Å². The maximum atomic E-state index is 12.5. The van der Waals surface area contributed by atoms with Crippen molar-refractivity contribution in [1.82, 2.24) is 5.32 Å². The number of nitrogens with one attached hydrogen (secondary N) is 1. The van der Waals surface area contributed by atoms with E-state index >= 15 is 0 Å². The van der Waals surface area contributed by atoms with Crippen LogP contribution < -0.4 is 5.32 Å².